The lowest BCUT2D eigenvalue weighted by atomic mass is 10.1. The van der Waals surface area contributed by atoms with Crippen molar-refractivity contribution in [2.45, 2.75) is 26.8 Å². The molecule has 0 unspecified atom stereocenters. The van der Waals surface area contributed by atoms with Gasteiger partial charge in [-0.15, -0.1) is 12.4 Å². The summed E-state index contributed by atoms with van der Waals surface area (Å²) in [4.78, 5) is 11.0. The second kappa shape index (κ2) is 8.61. The van der Waals surface area contributed by atoms with E-state index in [-0.39, 0.29) is 18.0 Å². The number of furan rings is 1. The van der Waals surface area contributed by atoms with E-state index in [1.807, 2.05) is 18.2 Å². The predicted molar refractivity (Wildman–Crippen MR) is 89.5 cm³/mol. The Morgan fingerprint density at radius 2 is 2.05 bits per heavy atom. The molecule has 2 N–H and O–H groups in total. The Morgan fingerprint density at radius 3 is 2.73 bits per heavy atom. The lowest BCUT2D eigenvalue weighted by Gasteiger charge is -2.05. The molecule has 0 amide bonds. The molecule has 0 spiro atoms. The minimum Gasteiger partial charge on any atom is -0.478 e. The quantitative estimate of drug-likeness (QED) is 0.749. The van der Waals surface area contributed by atoms with Crippen LogP contribution in [0.1, 0.15) is 36.4 Å². The highest BCUT2D eigenvalue weighted by molar-refractivity contribution is 5.89. The van der Waals surface area contributed by atoms with Crippen LogP contribution in [0, 0.1) is 5.92 Å². The van der Waals surface area contributed by atoms with Gasteiger partial charge >= 0.3 is 5.97 Å². The van der Waals surface area contributed by atoms with Gasteiger partial charge in [0.05, 0.1) is 12.1 Å². The molecular formula is C17H22ClNO3. The first-order chi connectivity index (χ1) is 10.1. The molecule has 0 fully saturated rings. The van der Waals surface area contributed by atoms with E-state index >= 15 is 0 Å². The van der Waals surface area contributed by atoms with Crippen LogP contribution in [0.15, 0.2) is 40.8 Å². The van der Waals surface area contributed by atoms with Crippen LogP contribution in [0.5, 0.6) is 0 Å². The van der Waals surface area contributed by atoms with Crippen molar-refractivity contribution in [1.82, 2.24) is 5.32 Å². The summed E-state index contributed by atoms with van der Waals surface area (Å²) in [7, 11) is 0. The van der Waals surface area contributed by atoms with Crippen molar-refractivity contribution >= 4 is 18.4 Å². The molecule has 0 atom stereocenters. The van der Waals surface area contributed by atoms with Crippen LogP contribution >= 0.6 is 12.4 Å². The van der Waals surface area contributed by atoms with E-state index in [4.69, 9.17) is 9.52 Å². The maximum absolute atomic E-state index is 11.0. The number of hydrogen-bond donors (Lipinski definition) is 2. The summed E-state index contributed by atoms with van der Waals surface area (Å²) < 4.78 is 5.76. The van der Waals surface area contributed by atoms with Crippen LogP contribution in [0.25, 0.3) is 11.3 Å². The smallest absolute Gasteiger partial charge is 0.335 e. The van der Waals surface area contributed by atoms with E-state index in [0.29, 0.717) is 18.2 Å². The van der Waals surface area contributed by atoms with E-state index < -0.39 is 5.97 Å². The lowest BCUT2D eigenvalue weighted by molar-refractivity contribution is 0.0697. The van der Waals surface area contributed by atoms with Gasteiger partial charge in [0, 0.05) is 5.56 Å². The van der Waals surface area contributed by atoms with E-state index in [1.165, 1.54) is 0 Å². The van der Waals surface area contributed by atoms with Crippen molar-refractivity contribution in [1.29, 1.82) is 0 Å². The number of carboxylic acid groups (broad SMARTS) is 1. The summed E-state index contributed by atoms with van der Waals surface area (Å²) in [6.07, 6.45) is 1.13. The fourth-order valence-electron chi connectivity index (χ4n) is 2.04. The summed E-state index contributed by atoms with van der Waals surface area (Å²) in [5.74, 6) is 1.30. The monoisotopic (exact) mass is 323 g/mol. The molecule has 0 bridgehead atoms. The van der Waals surface area contributed by atoms with Gasteiger partial charge in [0.15, 0.2) is 0 Å². The molecule has 0 aliphatic heterocycles. The Bertz CT molecular complexity index is 607. The average Bonchev–Trinajstić information content (AvgIpc) is 2.92. The van der Waals surface area contributed by atoms with Crippen LogP contribution in [-0.2, 0) is 6.54 Å². The number of aromatic carboxylic acids is 1. The molecule has 2 rings (SSSR count). The lowest BCUT2D eigenvalue weighted by Crippen LogP contribution is -2.15. The predicted octanol–water partition coefficient (Wildman–Crippen LogP) is 4.20. The topological polar surface area (TPSA) is 62.5 Å². The van der Waals surface area contributed by atoms with Gasteiger partial charge in [-0.1, -0.05) is 26.0 Å². The Labute approximate surface area is 136 Å². The van der Waals surface area contributed by atoms with Crippen molar-refractivity contribution in [3.63, 3.8) is 0 Å². The van der Waals surface area contributed by atoms with Crippen LogP contribution < -0.4 is 5.32 Å². The second-order valence-corrected chi connectivity index (χ2v) is 5.51. The third-order valence-corrected chi connectivity index (χ3v) is 3.25. The number of hydrogen-bond acceptors (Lipinski definition) is 3. The van der Waals surface area contributed by atoms with Gasteiger partial charge in [0.1, 0.15) is 11.5 Å². The van der Waals surface area contributed by atoms with Crippen molar-refractivity contribution in [2.24, 2.45) is 5.92 Å². The maximum Gasteiger partial charge on any atom is 0.335 e. The SMILES string of the molecule is CC(C)CCNCc1ccc(-c2cccc(C(=O)O)c2)o1.Cl. The van der Waals surface area contributed by atoms with Gasteiger partial charge < -0.3 is 14.8 Å². The summed E-state index contributed by atoms with van der Waals surface area (Å²) in [5.41, 5.74) is 1.05. The number of nitrogens with one attached hydrogen (secondary N) is 1. The van der Waals surface area contributed by atoms with Crippen LogP contribution in [0.3, 0.4) is 0 Å². The number of halogens is 1. The number of benzene rings is 1. The Kier molecular flexibility index (Phi) is 7.15. The first-order valence-electron chi connectivity index (χ1n) is 7.19. The fraction of sp³-hybridized carbons (Fsp3) is 0.353. The van der Waals surface area contributed by atoms with Crippen LogP contribution in [0.2, 0.25) is 0 Å². The van der Waals surface area contributed by atoms with Crippen LogP contribution in [0.4, 0.5) is 0 Å². The highest BCUT2D eigenvalue weighted by atomic mass is 35.5. The number of carbonyl (C=O) groups is 1. The zero-order valence-electron chi connectivity index (χ0n) is 12.8. The Balaban J connectivity index is 0.00000242. The highest BCUT2D eigenvalue weighted by Gasteiger charge is 2.08. The zero-order chi connectivity index (χ0) is 15.2. The molecular weight excluding hydrogens is 302 g/mol. The molecule has 0 aliphatic rings. The molecule has 1 aromatic heterocycles. The van der Waals surface area contributed by atoms with Crippen molar-refractivity contribution in [3.8, 4) is 11.3 Å². The third kappa shape index (κ3) is 5.20. The summed E-state index contributed by atoms with van der Waals surface area (Å²) >= 11 is 0. The van der Waals surface area contributed by atoms with Gasteiger partial charge in [-0.05, 0) is 43.1 Å². The molecule has 22 heavy (non-hydrogen) atoms. The first kappa shape index (κ1) is 18.3. The minimum atomic E-state index is -0.931. The first-order valence-corrected chi connectivity index (χ1v) is 7.19. The van der Waals surface area contributed by atoms with Gasteiger partial charge in [0.2, 0.25) is 0 Å². The van der Waals surface area contributed by atoms with E-state index in [9.17, 15) is 4.79 Å². The van der Waals surface area contributed by atoms with Crippen molar-refractivity contribution in [3.05, 3.63) is 47.7 Å². The number of carboxylic acids is 1. The molecule has 120 valence electrons. The molecule has 0 saturated carbocycles. The molecule has 1 aromatic carbocycles. The Morgan fingerprint density at radius 1 is 1.27 bits per heavy atom. The van der Waals surface area contributed by atoms with Crippen molar-refractivity contribution < 1.29 is 14.3 Å². The molecule has 1 heterocycles. The second-order valence-electron chi connectivity index (χ2n) is 5.51. The molecule has 0 saturated heterocycles. The minimum absolute atomic E-state index is 0. The largest absolute Gasteiger partial charge is 0.478 e. The standard InChI is InChI=1S/C17H21NO3.ClH/c1-12(2)8-9-18-11-15-6-7-16(21-15)13-4-3-5-14(10-13)17(19)20;/h3-7,10,12,18H,8-9,11H2,1-2H3,(H,19,20);1H. The van der Waals surface area contributed by atoms with Gasteiger partial charge in [-0.3, -0.25) is 0 Å². The van der Waals surface area contributed by atoms with E-state index in [2.05, 4.69) is 19.2 Å². The maximum atomic E-state index is 11.0. The van der Waals surface area contributed by atoms with E-state index in [0.717, 1.165) is 24.3 Å². The normalized spacial score (nSPS) is 10.5. The Hall–Kier alpha value is -1.78. The van der Waals surface area contributed by atoms with Gasteiger partial charge in [0.25, 0.3) is 0 Å². The van der Waals surface area contributed by atoms with E-state index in [1.54, 1.807) is 18.2 Å². The summed E-state index contributed by atoms with van der Waals surface area (Å²) in [6.45, 7) is 6.04. The highest BCUT2D eigenvalue weighted by Crippen LogP contribution is 2.23. The zero-order valence-corrected chi connectivity index (χ0v) is 13.7. The van der Waals surface area contributed by atoms with Gasteiger partial charge in [-0.25, -0.2) is 4.79 Å². The molecule has 4 nitrogen and oxygen atoms in total. The van der Waals surface area contributed by atoms with Crippen LogP contribution in [-0.4, -0.2) is 17.6 Å². The molecule has 5 heteroatoms. The molecule has 0 radical (unpaired) electrons. The fourth-order valence-corrected chi connectivity index (χ4v) is 2.04. The summed E-state index contributed by atoms with van der Waals surface area (Å²) in [5, 5.41) is 12.3. The third-order valence-electron chi connectivity index (χ3n) is 3.25. The van der Waals surface area contributed by atoms with Crippen molar-refractivity contribution in [2.75, 3.05) is 6.54 Å². The van der Waals surface area contributed by atoms with Gasteiger partial charge in [-0.2, -0.15) is 0 Å². The number of rotatable bonds is 7. The molecule has 2 aromatic rings. The average molecular weight is 324 g/mol. The summed E-state index contributed by atoms with van der Waals surface area (Å²) in [6, 6.07) is 10.6. The molecule has 0 aliphatic carbocycles.